The van der Waals surface area contributed by atoms with Gasteiger partial charge in [0, 0.05) is 40.0 Å². The number of aromatic nitrogens is 2. The molecule has 32 heavy (non-hydrogen) atoms. The van der Waals surface area contributed by atoms with Crippen molar-refractivity contribution in [1.29, 1.82) is 0 Å². The van der Waals surface area contributed by atoms with Gasteiger partial charge >= 0.3 is 0 Å². The van der Waals surface area contributed by atoms with E-state index in [-0.39, 0.29) is 22.9 Å². The number of likely N-dealkylation sites (N-methyl/N-ethyl adjacent to an activating group) is 1. The number of hydrogen-bond donors (Lipinski definition) is 2. The van der Waals surface area contributed by atoms with Gasteiger partial charge in [-0.15, -0.1) is 18.5 Å². The van der Waals surface area contributed by atoms with E-state index in [1.165, 1.54) is 0 Å². The third kappa shape index (κ3) is 3.47. The standard InChI is InChI=1S/C24H25N3O3P2/c1-12-6-7-13-16(8-12)22(28)26-19-10-30-11-20(21(13)19)27(2)23(29)18-9-15-14(24(31)32)4-3-5-17(15)25-18/h3-9,20,24-25H,10-11,31-32H2,1-2H3,(H,26,28). The fourth-order valence-electron chi connectivity index (χ4n) is 4.59. The summed E-state index contributed by atoms with van der Waals surface area (Å²) in [5.41, 5.74) is 5.17. The molecule has 0 saturated carbocycles. The number of aryl methyl sites for hydroxylation is 1. The zero-order valence-corrected chi connectivity index (χ0v) is 20.2. The molecule has 8 heteroatoms. The molecule has 6 nitrogen and oxygen atoms in total. The summed E-state index contributed by atoms with van der Waals surface area (Å²) in [7, 11) is 7.34. The number of H-pyrrole nitrogens is 2. The van der Waals surface area contributed by atoms with E-state index in [0.717, 1.165) is 38.7 Å². The zero-order valence-electron chi connectivity index (χ0n) is 17.9. The van der Waals surface area contributed by atoms with Crippen molar-refractivity contribution >= 4 is 46.1 Å². The molecule has 1 aliphatic rings. The molecule has 3 unspecified atom stereocenters. The number of nitrogens with one attached hydrogen (secondary N) is 2. The van der Waals surface area contributed by atoms with Gasteiger partial charge in [-0.25, -0.2) is 0 Å². The topological polar surface area (TPSA) is 78.2 Å². The minimum atomic E-state index is -0.310. The van der Waals surface area contributed by atoms with Crippen LogP contribution in [-0.4, -0.2) is 34.4 Å². The van der Waals surface area contributed by atoms with Crippen molar-refractivity contribution in [2.45, 2.75) is 25.0 Å². The average Bonchev–Trinajstić information content (AvgIpc) is 3.22. The Morgan fingerprint density at radius 1 is 1.12 bits per heavy atom. The molecule has 0 aliphatic carbocycles. The maximum Gasteiger partial charge on any atom is 0.270 e. The van der Waals surface area contributed by atoms with E-state index >= 15 is 0 Å². The second kappa shape index (κ2) is 8.12. The van der Waals surface area contributed by atoms with Crippen LogP contribution in [0.3, 0.4) is 0 Å². The quantitative estimate of drug-likeness (QED) is 0.440. The normalized spacial score (nSPS) is 16.0. The van der Waals surface area contributed by atoms with Crippen molar-refractivity contribution in [3.8, 4) is 0 Å². The predicted octanol–water partition coefficient (Wildman–Crippen LogP) is 4.41. The van der Waals surface area contributed by atoms with Gasteiger partial charge in [-0.1, -0.05) is 29.8 Å². The first-order chi connectivity index (χ1) is 15.3. The van der Waals surface area contributed by atoms with Gasteiger partial charge in [-0.3, -0.25) is 9.59 Å². The molecule has 1 amide bonds. The number of rotatable bonds is 3. The van der Waals surface area contributed by atoms with E-state index in [4.69, 9.17) is 4.74 Å². The number of fused-ring (bicyclic) bond motifs is 4. The van der Waals surface area contributed by atoms with Crippen LogP contribution in [0.25, 0.3) is 21.7 Å². The number of benzene rings is 2. The molecule has 2 aromatic heterocycles. The molecule has 5 rings (SSSR count). The van der Waals surface area contributed by atoms with Crippen LogP contribution in [0.1, 0.15) is 44.3 Å². The van der Waals surface area contributed by atoms with E-state index in [1.54, 1.807) is 11.9 Å². The molecular formula is C24H25N3O3P2. The molecule has 0 fully saturated rings. The van der Waals surface area contributed by atoms with Crippen molar-refractivity contribution in [3.05, 3.63) is 80.9 Å². The van der Waals surface area contributed by atoms with Gasteiger partial charge in [-0.2, -0.15) is 0 Å². The summed E-state index contributed by atoms with van der Waals surface area (Å²) in [6, 6.07) is 13.5. The molecular weight excluding hydrogens is 440 g/mol. The van der Waals surface area contributed by atoms with Crippen LogP contribution in [0.15, 0.2) is 47.3 Å². The number of amides is 1. The molecule has 1 aliphatic heterocycles. The maximum absolute atomic E-state index is 13.5. The SMILES string of the molecule is Cc1ccc2c3c([nH]c(=O)c2c1)COCC3N(C)C(=O)c1cc2c(C(P)P)cccc2[nH]1. The van der Waals surface area contributed by atoms with Crippen LogP contribution in [0.2, 0.25) is 0 Å². The van der Waals surface area contributed by atoms with Gasteiger partial charge in [0.25, 0.3) is 11.5 Å². The second-order valence-corrected chi connectivity index (χ2v) is 10.6. The first kappa shape index (κ1) is 21.3. The second-order valence-electron chi connectivity index (χ2n) is 8.36. The Bertz CT molecular complexity index is 1420. The number of pyridine rings is 1. The lowest BCUT2D eigenvalue weighted by Gasteiger charge is -2.33. The van der Waals surface area contributed by atoms with Gasteiger partial charge in [-0.05, 0) is 36.1 Å². The van der Waals surface area contributed by atoms with E-state index in [2.05, 4.69) is 34.5 Å². The lowest BCUT2D eigenvalue weighted by Crippen LogP contribution is -2.37. The van der Waals surface area contributed by atoms with E-state index in [0.29, 0.717) is 24.3 Å². The Morgan fingerprint density at radius 2 is 1.94 bits per heavy atom. The zero-order chi connectivity index (χ0) is 22.6. The van der Waals surface area contributed by atoms with E-state index < -0.39 is 0 Å². The maximum atomic E-state index is 13.5. The van der Waals surface area contributed by atoms with Crippen LogP contribution < -0.4 is 5.56 Å². The van der Waals surface area contributed by atoms with E-state index in [9.17, 15) is 9.59 Å². The highest BCUT2D eigenvalue weighted by molar-refractivity contribution is 7.37. The first-order valence-corrected chi connectivity index (χ1v) is 11.8. The molecule has 0 bridgehead atoms. The molecule has 0 saturated heterocycles. The number of carbonyl (C=O) groups is 1. The fraction of sp³-hybridized carbons (Fsp3) is 0.250. The Balaban J connectivity index is 1.59. The third-order valence-corrected chi connectivity index (χ3v) is 6.95. The molecule has 3 atom stereocenters. The van der Waals surface area contributed by atoms with Crippen molar-refractivity contribution in [1.82, 2.24) is 14.9 Å². The largest absolute Gasteiger partial charge is 0.373 e. The minimum absolute atomic E-state index is 0.121. The van der Waals surface area contributed by atoms with Gasteiger partial charge in [0.15, 0.2) is 0 Å². The van der Waals surface area contributed by atoms with Crippen LogP contribution >= 0.6 is 18.5 Å². The lowest BCUT2D eigenvalue weighted by atomic mass is 9.94. The number of aromatic amines is 2. The highest BCUT2D eigenvalue weighted by Crippen LogP contribution is 2.36. The van der Waals surface area contributed by atoms with Crippen molar-refractivity contribution in [3.63, 3.8) is 0 Å². The molecule has 0 spiro atoms. The number of carbonyl (C=O) groups excluding carboxylic acids is 1. The number of hydrogen-bond acceptors (Lipinski definition) is 3. The molecule has 2 N–H and O–H groups in total. The Kier molecular flexibility index (Phi) is 5.41. The van der Waals surface area contributed by atoms with Gasteiger partial charge in [0.1, 0.15) is 5.69 Å². The summed E-state index contributed by atoms with van der Waals surface area (Å²) >= 11 is 0. The van der Waals surface area contributed by atoms with Gasteiger partial charge in [0.2, 0.25) is 0 Å². The minimum Gasteiger partial charge on any atom is -0.373 e. The Hall–Kier alpha value is -2.52. The summed E-state index contributed by atoms with van der Waals surface area (Å²) < 4.78 is 5.77. The summed E-state index contributed by atoms with van der Waals surface area (Å²) in [5.74, 6) is -0.121. The molecule has 0 radical (unpaired) electrons. The average molecular weight is 465 g/mol. The predicted molar refractivity (Wildman–Crippen MR) is 134 cm³/mol. The van der Waals surface area contributed by atoms with Crippen molar-refractivity contribution < 1.29 is 9.53 Å². The van der Waals surface area contributed by atoms with Gasteiger partial charge in [0.05, 0.1) is 19.3 Å². The number of ether oxygens (including phenoxy) is 1. The van der Waals surface area contributed by atoms with Crippen LogP contribution in [0.5, 0.6) is 0 Å². The van der Waals surface area contributed by atoms with E-state index in [1.807, 2.05) is 43.3 Å². The van der Waals surface area contributed by atoms with Crippen LogP contribution in [0.4, 0.5) is 0 Å². The Labute approximate surface area is 190 Å². The highest BCUT2D eigenvalue weighted by atomic mass is 31.1. The monoisotopic (exact) mass is 465 g/mol. The van der Waals surface area contributed by atoms with Crippen LogP contribution in [-0.2, 0) is 11.3 Å². The van der Waals surface area contributed by atoms with Crippen molar-refractivity contribution in [2.24, 2.45) is 0 Å². The first-order valence-electron chi connectivity index (χ1n) is 10.5. The molecule has 3 heterocycles. The molecule has 164 valence electrons. The summed E-state index contributed by atoms with van der Waals surface area (Å²) in [6.45, 7) is 2.66. The van der Waals surface area contributed by atoms with Crippen LogP contribution in [0, 0.1) is 6.92 Å². The summed E-state index contributed by atoms with van der Waals surface area (Å²) in [5, 5.41) is 2.74. The number of nitrogens with zero attached hydrogens (tertiary/aromatic N) is 1. The summed E-state index contributed by atoms with van der Waals surface area (Å²) in [4.78, 5) is 34.1. The van der Waals surface area contributed by atoms with Gasteiger partial charge < -0.3 is 19.6 Å². The lowest BCUT2D eigenvalue weighted by molar-refractivity contribution is 0.0333. The third-order valence-electron chi connectivity index (χ3n) is 6.23. The fourth-order valence-corrected chi connectivity index (χ4v) is 5.17. The Morgan fingerprint density at radius 3 is 2.72 bits per heavy atom. The highest BCUT2D eigenvalue weighted by Gasteiger charge is 2.31. The summed E-state index contributed by atoms with van der Waals surface area (Å²) in [6.07, 6.45) is 0. The smallest absolute Gasteiger partial charge is 0.270 e. The molecule has 2 aromatic carbocycles. The van der Waals surface area contributed by atoms with Crippen molar-refractivity contribution in [2.75, 3.05) is 13.7 Å². The molecule has 4 aromatic rings.